The lowest BCUT2D eigenvalue weighted by atomic mass is 10.0. The molecule has 0 unspecified atom stereocenters. The van der Waals surface area contributed by atoms with Crippen LogP contribution in [0.5, 0.6) is 5.75 Å². The molecule has 2 N–H and O–H groups in total. The fourth-order valence-corrected chi connectivity index (χ4v) is 3.15. The van der Waals surface area contributed by atoms with Gasteiger partial charge in [-0.25, -0.2) is 13.2 Å². The molecule has 1 aromatic heterocycles. The van der Waals surface area contributed by atoms with Gasteiger partial charge in [0.05, 0.1) is 29.0 Å². The first kappa shape index (κ1) is 18.5. The van der Waals surface area contributed by atoms with Gasteiger partial charge in [0.15, 0.2) is 0 Å². The zero-order valence-corrected chi connectivity index (χ0v) is 15.1. The summed E-state index contributed by atoms with van der Waals surface area (Å²) >= 11 is 0. The fraction of sp³-hybridized carbons (Fsp3) is 0.300. The van der Waals surface area contributed by atoms with Gasteiger partial charge in [-0.1, -0.05) is 18.2 Å². The lowest BCUT2D eigenvalue weighted by Gasteiger charge is -2.28. The molecule has 0 aliphatic carbocycles. The summed E-state index contributed by atoms with van der Waals surface area (Å²) in [5, 5.41) is 15.1. The molecule has 1 aliphatic heterocycles. The van der Waals surface area contributed by atoms with Crippen molar-refractivity contribution in [3.05, 3.63) is 59.5 Å². The number of halogens is 3. The van der Waals surface area contributed by atoms with Crippen LogP contribution >= 0.6 is 0 Å². The topological polar surface area (TPSA) is 59.1 Å². The third-order valence-electron chi connectivity index (χ3n) is 4.79. The van der Waals surface area contributed by atoms with Crippen molar-refractivity contribution < 1.29 is 17.9 Å². The highest BCUT2D eigenvalue weighted by molar-refractivity contribution is 5.91. The maximum Gasteiger partial charge on any atom is 0.266 e. The number of anilines is 1. The van der Waals surface area contributed by atoms with E-state index in [9.17, 15) is 13.2 Å². The van der Waals surface area contributed by atoms with E-state index in [-0.39, 0.29) is 11.7 Å². The van der Waals surface area contributed by atoms with Crippen molar-refractivity contribution in [3.63, 3.8) is 0 Å². The van der Waals surface area contributed by atoms with E-state index in [4.69, 9.17) is 4.74 Å². The van der Waals surface area contributed by atoms with E-state index < -0.39 is 23.8 Å². The van der Waals surface area contributed by atoms with E-state index in [2.05, 4.69) is 20.8 Å². The molecule has 146 valence electrons. The standard InChI is InChI=1S/C20H19F3N4O/c1-11(14-3-2-4-15(19(14)21)20(22)23)26-18-10-25-27-17-6-5-12(7-16(17)18)28-13-8-24-9-13/h2-7,10-11,13,20,24H,8-9H2,1H3,(H,26,27)/t11-/m1/s1. The normalized spacial score (nSPS) is 15.5. The Hall–Kier alpha value is -2.87. The minimum Gasteiger partial charge on any atom is -0.488 e. The molecule has 0 radical (unpaired) electrons. The molecule has 2 aromatic carbocycles. The average Bonchev–Trinajstić information content (AvgIpc) is 2.65. The second-order valence-electron chi connectivity index (χ2n) is 6.75. The van der Waals surface area contributed by atoms with E-state index in [1.54, 1.807) is 13.0 Å². The third-order valence-corrected chi connectivity index (χ3v) is 4.79. The molecule has 0 bridgehead atoms. The van der Waals surface area contributed by atoms with Crippen LogP contribution < -0.4 is 15.4 Å². The first-order valence-corrected chi connectivity index (χ1v) is 8.98. The minimum atomic E-state index is -2.86. The molecular formula is C20H19F3N4O. The number of nitrogens with one attached hydrogen (secondary N) is 2. The molecule has 5 nitrogen and oxygen atoms in total. The third kappa shape index (κ3) is 3.60. The summed E-state index contributed by atoms with van der Waals surface area (Å²) in [4.78, 5) is 0. The summed E-state index contributed by atoms with van der Waals surface area (Å²) in [6, 6.07) is 8.95. The summed E-state index contributed by atoms with van der Waals surface area (Å²) in [6.45, 7) is 3.31. The van der Waals surface area contributed by atoms with Crippen LogP contribution in [0.25, 0.3) is 10.9 Å². The van der Waals surface area contributed by atoms with Crippen LogP contribution in [-0.2, 0) is 0 Å². The number of ether oxygens (including phenoxy) is 1. The largest absolute Gasteiger partial charge is 0.488 e. The Balaban J connectivity index is 1.63. The predicted molar refractivity (Wildman–Crippen MR) is 100 cm³/mol. The molecule has 2 heterocycles. The van der Waals surface area contributed by atoms with E-state index >= 15 is 0 Å². The van der Waals surface area contributed by atoms with Crippen LogP contribution in [0.2, 0.25) is 0 Å². The highest BCUT2D eigenvalue weighted by Crippen LogP contribution is 2.31. The van der Waals surface area contributed by atoms with Crippen molar-refractivity contribution in [2.45, 2.75) is 25.5 Å². The highest BCUT2D eigenvalue weighted by atomic mass is 19.3. The van der Waals surface area contributed by atoms with Crippen LogP contribution in [-0.4, -0.2) is 29.4 Å². The summed E-state index contributed by atoms with van der Waals surface area (Å²) in [5.41, 5.74) is 0.832. The van der Waals surface area contributed by atoms with Crippen LogP contribution in [0.3, 0.4) is 0 Å². The van der Waals surface area contributed by atoms with Gasteiger partial charge in [0.1, 0.15) is 17.7 Å². The zero-order chi connectivity index (χ0) is 19.7. The Morgan fingerprint density at radius 1 is 1.18 bits per heavy atom. The Bertz CT molecular complexity index is 994. The summed E-state index contributed by atoms with van der Waals surface area (Å²) in [6.07, 6.45) is -1.20. The van der Waals surface area contributed by atoms with Crippen molar-refractivity contribution in [3.8, 4) is 5.75 Å². The van der Waals surface area contributed by atoms with Crippen LogP contribution in [0, 0.1) is 5.82 Å². The number of aromatic nitrogens is 2. The molecule has 1 fully saturated rings. The Morgan fingerprint density at radius 3 is 2.68 bits per heavy atom. The second kappa shape index (κ2) is 7.63. The number of benzene rings is 2. The molecule has 1 saturated heterocycles. The molecule has 8 heteroatoms. The van der Waals surface area contributed by atoms with E-state index in [1.807, 2.05) is 12.1 Å². The van der Waals surface area contributed by atoms with Crippen LogP contribution in [0.4, 0.5) is 18.9 Å². The smallest absolute Gasteiger partial charge is 0.266 e. The van der Waals surface area contributed by atoms with Crippen molar-refractivity contribution in [2.24, 2.45) is 0 Å². The summed E-state index contributed by atoms with van der Waals surface area (Å²) < 4.78 is 46.3. The number of hydrogen-bond acceptors (Lipinski definition) is 5. The lowest BCUT2D eigenvalue weighted by molar-refractivity contribution is 0.142. The SMILES string of the molecule is C[C@@H](Nc1cnnc2ccc(OC3CNC3)cc12)c1cccc(C(F)F)c1F. The average molecular weight is 388 g/mol. The molecule has 3 aromatic rings. The minimum absolute atomic E-state index is 0.133. The zero-order valence-electron chi connectivity index (χ0n) is 15.1. The summed E-state index contributed by atoms with van der Waals surface area (Å²) in [5.74, 6) is -0.195. The molecule has 4 rings (SSSR count). The lowest BCUT2D eigenvalue weighted by Crippen LogP contribution is -2.50. The van der Waals surface area contributed by atoms with Gasteiger partial charge in [0.25, 0.3) is 6.43 Å². The summed E-state index contributed by atoms with van der Waals surface area (Å²) in [7, 11) is 0. The number of alkyl halides is 2. The van der Waals surface area contributed by atoms with Gasteiger partial charge in [-0.15, -0.1) is 0 Å². The monoisotopic (exact) mass is 388 g/mol. The first-order valence-electron chi connectivity index (χ1n) is 8.98. The number of rotatable bonds is 6. The second-order valence-corrected chi connectivity index (χ2v) is 6.75. The number of hydrogen-bond donors (Lipinski definition) is 2. The molecule has 1 aliphatic rings. The highest BCUT2D eigenvalue weighted by Gasteiger charge is 2.21. The van der Waals surface area contributed by atoms with Gasteiger partial charge in [0.2, 0.25) is 0 Å². The maximum atomic E-state index is 14.5. The Labute approximate surface area is 159 Å². The quantitative estimate of drug-likeness (QED) is 0.662. The van der Waals surface area contributed by atoms with Crippen molar-refractivity contribution in [2.75, 3.05) is 18.4 Å². The van der Waals surface area contributed by atoms with Gasteiger partial charge < -0.3 is 15.4 Å². The molecule has 28 heavy (non-hydrogen) atoms. The van der Waals surface area contributed by atoms with Gasteiger partial charge in [-0.2, -0.15) is 10.2 Å². The number of fused-ring (bicyclic) bond motifs is 1. The van der Waals surface area contributed by atoms with Crippen molar-refractivity contribution in [1.82, 2.24) is 15.5 Å². The van der Waals surface area contributed by atoms with E-state index in [0.717, 1.165) is 24.5 Å². The van der Waals surface area contributed by atoms with E-state index in [0.29, 0.717) is 17.0 Å². The predicted octanol–water partition coefficient (Wildman–Crippen LogP) is 4.23. The molecule has 0 saturated carbocycles. The number of nitrogens with zero attached hydrogens (tertiary/aromatic N) is 2. The van der Waals surface area contributed by atoms with Crippen molar-refractivity contribution >= 4 is 16.6 Å². The molecular weight excluding hydrogens is 369 g/mol. The maximum absolute atomic E-state index is 14.5. The first-order chi connectivity index (χ1) is 13.5. The van der Waals surface area contributed by atoms with E-state index in [1.165, 1.54) is 18.3 Å². The molecule has 1 atom stereocenters. The van der Waals surface area contributed by atoms with Crippen LogP contribution in [0.15, 0.2) is 42.6 Å². The Kier molecular flexibility index (Phi) is 5.04. The van der Waals surface area contributed by atoms with Gasteiger partial charge >= 0.3 is 0 Å². The molecule has 0 spiro atoms. The van der Waals surface area contributed by atoms with Gasteiger partial charge in [0, 0.05) is 24.0 Å². The van der Waals surface area contributed by atoms with Crippen molar-refractivity contribution in [1.29, 1.82) is 0 Å². The molecule has 0 amide bonds. The van der Waals surface area contributed by atoms with Gasteiger partial charge in [-0.3, -0.25) is 0 Å². The van der Waals surface area contributed by atoms with Gasteiger partial charge in [-0.05, 0) is 25.1 Å². The van der Waals surface area contributed by atoms with Crippen LogP contribution in [0.1, 0.15) is 30.5 Å². The fourth-order valence-electron chi connectivity index (χ4n) is 3.15. The Morgan fingerprint density at radius 2 is 1.96 bits per heavy atom.